The lowest BCUT2D eigenvalue weighted by atomic mass is 9.57. The highest BCUT2D eigenvalue weighted by molar-refractivity contribution is 5.71. The van der Waals surface area contributed by atoms with Crippen LogP contribution in [0.15, 0.2) is 23.8 Å². The fraction of sp³-hybridized carbons (Fsp3) is 0.760. The summed E-state index contributed by atoms with van der Waals surface area (Å²) in [6.07, 6.45) is 9.21. The van der Waals surface area contributed by atoms with E-state index in [9.17, 15) is 14.7 Å². The van der Waals surface area contributed by atoms with Gasteiger partial charge >= 0.3 is 11.9 Å². The molecule has 1 heterocycles. The molecule has 7 unspecified atom stereocenters. The first-order valence-electron chi connectivity index (χ1n) is 11.6. The van der Waals surface area contributed by atoms with Crippen molar-refractivity contribution in [3.8, 4) is 0 Å². The Hall–Kier alpha value is -1.62. The van der Waals surface area contributed by atoms with Crippen LogP contribution in [0, 0.1) is 29.1 Å². The smallest absolute Gasteiger partial charge is 0.308 e. The average molecular weight is 419 g/mol. The van der Waals surface area contributed by atoms with E-state index < -0.39 is 6.10 Å². The molecule has 1 fully saturated rings. The minimum atomic E-state index is -0.604. The number of carbonyl (C=O) groups excluding carboxylic acids is 2. The molecule has 30 heavy (non-hydrogen) atoms. The van der Waals surface area contributed by atoms with Crippen molar-refractivity contribution < 1.29 is 24.2 Å². The maximum atomic E-state index is 12.5. The van der Waals surface area contributed by atoms with Crippen LogP contribution in [0.3, 0.4) is 0 Å². The third kappa shape index (κ3) is 4.82. The fourth-order valence-corrected chi connectivity index (χ4v) is 5.37. The topological polar surface area (TPSA) is 72.8 Å². The van der Waals surface area contributed by atoms with Crippen molar-refractivity contribution in [1.29, 1.82) is 0 Å². The summed E-state index contributed by atoms with van der Waals surface area (Å²) in [5, 5.41) is 9.94. The quantitative estimate of drug-likeness (QED) is 0.639. The molecular formula is C25H38O5. The fourth-order valence-electron chi connectivity index (χ4n) is 5.37. The van der Waals surface area contributed by atoms with Gasteiger partial charge in [-0.2, -0.15) is 0 Å². The number of esters is 2. The van der Waals surface area contributed by atoms with Crippen LogP contribution in [0.25, 0.3) is 0 Å². The number of allylic oxidation sites excluding steroid dienone is 3. The van der Waals surface area contributed by atoms with Crippen molar-refractivity contribution in [2.45, 2.75) is 91.5 Å². The van der Waals surface area contributed by atoms with Crippen LogP contribution >= 0.6 is 0 Å². The lowest BCUT2D eigenvalue weighted by molar-refractivity contribution is -0.166. The Morgan fingerprint density at radius 2 is 2.03 bits per heavy atom. The Morgan fingerprint density at radius 1 is 1.30 bits per heavy atom. The van der Waals surface area contributed by atoms with Gasteiger partial charge in [0.05, 0.1) is 12.5 Å². The van der Waals surface area contributed by atoms with Crippen molar-refractivity contribution in [3.05, 3.63) is 23.8 Å². The number of fused-ring (bicyclic) bond motifs is 1. The molecule has 0 radical (unpaired) electrons. The van der Waals surface area contributed by atoms with E-state index in [2.05, 4.69) is 45.9 Å². The van der Waals surface area contributed by atoms with E-state index in [1.807, 2.05) is 6.92 Å². The molecule has 1 saturated heterocycles. The summed E-state index contributed by atoms with van der Waals surface area (Å²) in [4.78, 5) is 24.2. The molecule has 0 spiro atoms. The number of cyclic esters (lactones) is 1. The van der Waals surface area contributed by atoms with Gasteiger partial charge in [-0.15, -0.1) is 0 Å². The van der Waals surface area contributed by atoms with Gasteiger partial charge in [-0.25, -0.2) is 0 Å². The Kier molecular flexibility index (Phi) is 7.11. The van der Waals surface area contributed by atoms with E-state index in [1.54, 1.807) is 0 Å². The van der Waals surface area contributed by atoms with Gasteiger partial charge < -0.3 is 14.6 Å². The summed E-state index contributed by atoms with van der Waals surface area (Å²) in [5.74, 6) is 0.653. The standard InChI is InChI=1S/C25H38O5/c1-6-7-21(27)30-24-23-17(12-16(3)25(24,4)5)9-8-15(2)20(23)11-10-19-13-18(26)14-22(28)29-19/h8-9,12,15-16,18-20,23-24,26H,6-7,10-11,13-14H2,1-5H3. The van der Waals surface area contributed by atoms with Crippen LogP contribution in [-0.2, 0) is 19.1 Å². The summed E-state index contributed by atoms with van der Waals surface area (Å²) in [6.45, 7) is 10.8. The molecule has 0 saturated carbocycles. The van der Waals surface area contributed by atoms with Gasteiger partial charge in [0, 0.05) is 24.2 Å². The van der Waals surface area contributed by atoms with Crippen molar-refractivity contribution in [2.24, 2.45) is 29.1 Å². The van der Waals surface area contributed by atoms with E-state index in [0.717, 1.165) is 19.3 Å². The Bertz CT molecular complexity index is 706. The van der Waals surface area contributed by atoms with Gasteiger partial charge in [-0.05, 0) is 42.6 Å². The van der Waals surface area contributed by atoms with Gasteiger partial charge in [0.1, 0.15) is 12.2 Å². The monoisotopic (exact) mass is 418 g/mol. The molecule has 0 bridgehead atoms. The molecule has 3 rings (SSSR count). The zero-order chi connectivity index (χ0) is 22.1. The van der Waals surface area contributed by atoms with Gasteiger partial charge in [0.2, 0.25) is 0 Å². The number of aliphatic hydroxyl groups excluding tert-OH is 1. The van der Waals surface area contributed by atoms with E-state index >= 15 is 0 Å². The summed E-state index contributed by atoms with van der Waals surface area (Å²) >= 11 is 0. The molecular weight excluding hydrogens is 380 g/mol. The third-order valence-corrected chi connectivity index (χ3v) is 7.56. The highest BCUT2D eigenvalue weighted by atomic mass is 16.6. The average Bonchev–Trinajstić information content (AvgIpc) is 2.65. The van der Waals surface area contributed by atoms with E-state index in [1.165, 1.54) is 5.57 Å². The Labute approximate surface area is 180 Å². The molecule has 2 aliphatic carbocycles. The van der Waals surface area contributed by atoms with Crippen molar-refractivity contribution in [3.63, 3.8) is 0 Å². The molecule has 0 aromatic rings. The Balaban J connectivity index is 1.83. The van der Waals surface area contributed by atoms with Crippen LogP contribution in [-0.4, -0.2) is 35.4 Å². The predicted molar refractivity (Wildman–Crippen MR) is 115 cm³/mol. The number of carbonyl (C=O) groups is 2. The molecule has 5 nitrogen and oxygen atoms in total. The highest BCUT2D eigenvalue weighted by Crippen LogP contribution is 2.51. The summed E-state index contributed by atoms with van der Waals surface area (Å²) in [6, 6.07) is 0. The number of ether oxygens (including phenoxy) is 2. The van der Waals surface area contributed by atoms with E-state index in [4.69, 9.17) is 9.47 Å². The lowest BCUT2D eigenvalue weighted by Crippen LogP contribution is -2.51. The number of rotatable bonds is 6. The van der Waals surface area contributed by atoms with E-state index in [0.29, 0.717) is 30.6 Å². The molecule has 3 aliphatic rings. The second-order valence-corrected chi connectivity index (χ2v) is 10.1. The maximum absolute atomic E-state index is 12.5. The number of hydrogen-bond acceptors (Lipinski definition) is 5. The molecule has 0 aromatic carbocycles. The second-order valence-electron chi connectivity index (χ2n) is 10.1. The van der Waals surface area contributed by atoms with Gasteiger partial charge in [0.25, 0.3) is 0 Å². The first-order chi connectivity index (χ1) is 14.1. The summed E-state index contributed by atoms with van der Waals surface area (Å²) < 4.78 is 11.6. The molecule has 0 amide bonds. The first kappa shape index (κ1) is 23.1. The minimum Gasteiger partial charge on any atom is -0.462 e. The van der Waals surface area contributed by atoms with Gasteiger partial charge in [-0.3, -0.25) is 9.59 Å². The third-order valence-electron chi connectivity index (χ3n) is 7.56. The van der Waals surface area contributed by atoms with Crippen LogP contribution in [0.2, 0.25) is 0 Å². The molecule has 7 atom stereocenters. The Morgan fingerprint density at radius 3 is 2.70 bits per heavy atom. The molecule has 5 heteroatoms. The maximum Gasteiger partial charge on any atom is 0.308 e. The number of hydrogen-bond donors (Lipinski definition) is 1. The molecule has 1 aliphatic heterocycles. The van der Waals surface area contributed by atoms with Crippen LogP contribution in [0.5, 0.6) is 0 Å². The lowest BCUT2D eigenvalue weighted by Gasteiger charge is -2.51. The largest absolute Gasteiger partial charge is 0.462 e. The van der Waals surface area contributed by atoms with Crippen LogP contribution in [0.1, 0.15) is 73.1 Å². The summed E-state index contributed by atoms with van der Waals surface area (Å²) in [7, 11) is 0. The minimum absolute atomic E-state index is 0.0934. The zero-order valence-electron chi connectivity index (χ0n) is 19.1. The summed E-state index contributed by atoms with van der Waals surface area (Å²) in [5.41, 5.74) is 1.11. The molecule has 1 N–H and O–H groups in total. The zero-order valence-corrected chi connectivity index (χ0v) is 19.1. The van der Waals surface area contributed by atoms with Crippen LogP contribution < -0.4 is 0 Å². The van der Waals surface area contributed by atoms with Crippen LogP contribution in [0.4, 0.5) is 0 Å². The van der Waals surface area contributed by atoms with E-state index in [-0.39, 0.29) is 41.9 Å². The molecule has 0 aromatic heterocycles. The SMILES string of the molecule is CCCC(=O)OC1C2C(=CC(C)C1(C)C)C=CC(C)C2CCC1CC(O)CC(=O)O1. The molecule has 168 valence electrons. The van der Waals surface area contributed by atoms with Gasteiger partial charge in [-0.1, -0.05) is 52.8 Å². The van der Waals surface area contributed by atoms with Crippen molar-refractivity contribution in [1.82, 2.24) is 0 Å². The van der Waals surface area contributed by atoms with Gasteiger partial charge in [0.15, 0.2) is 0 Å². The normalized spacial score (nSPS) is 37.7. The van der Waals surface area contributed by atoms with Crippen molar-refractivity contribution >= 4 is 11.9 Å². The van der Waals surface area contributed by atoms with Crippen molar-refractivity contribution in [2.75, 3.05) is 0 Å². The first-order valence-corrected chi connectivity index (χ1v) is 11.6. The highest BCUT2D eigenvalue weighted by Gasteiger charge is 2.50. The number of aliphatic hydroxyl groups is 1. The predicted octanol–water partition coefficient (Wildman–Crippen LogP) is 4.59. The second kappa shape index (κ2) is 9.25.